The number of hydrogen-bond donors (Lipinski definition) is 2. The van der Waals surface area contributed by atoms with Crippen molar-refractivity contribution >= 4 is 11.8 Å². The summed E-state index contributed by atoms with van der Waals surface area (Å²) in [5, 5.41) is 14.7. The van der Waals surface area contributed by atoms with Crippen LogP contribution in [0.25, 0.3) is 0 Å². The van der Waals surface area contributed by atoms with Crippen molar-refractivity contribution in [3.8, 4) is 6.07 Å². The van der Waals surface area contributed by atoms with Crippen LogP contribution in [0.5, 0.6) is 0 Å². The first-order valence-corrected chi connectivity index (χ1v) is 6.68. The van der Waals surface area contributed by atoms with E-state index in [4.69, 9.17) is 4.74 Å². The third-order valence-electron chi connectivity index (χ3n) is 3.66. The van der Waals surface area contributed by atoms with Crippen molar-refractivity contribution in [3.05, 3.63) is 0 Å². The third kappa shape index (κ3) is 3.24. The maximum absolute atomic E-state index is 12.2. The number of hydrogen-bond acceptors (Lipinski definition) is 4. The van der Waals surface area contributed by atoms with Gasteiger partial charge >= 0.3 is 0 Å². The van der Waals surface area contributed by atoms with Crippen molar-refractivity contribution in [2.45, 2.75) is 44.7 Å². The maximum atomic E-state index is 12.2. The molecule has 0 spiro atoms. The van der Waals surface area contributed by atoms with Gasteiger partial charge in [-0.25, -0.2) is 0 Å². The summed E-state index contributed by atoms with van der Waals surface area (Å²) in [6.07, 6.45) is 2.77. The monoisotopic (exact) mass is 265 g/mol. The molecule has 104 valence electrons. The number of carbonyl (C=O) groups is 2. The minimum atomic E-state index is -1.05. The molecule has 1 aliphatic heterocycles. The first-order chi connectivity index (χ1) is 9.07. The summed E-state index contributed by atoms with van der Waals surface area (Å²) >= 11 is 0. The molecule has 0 bridgehead atoms. The summed E-state index contributed by atoms with van der Waals surface area (Å²) in [5.41, 5.74) is -1.05. The molecule has 6 nitrogen and oxygen atoms in total. The van der Waals surface area contributed by atoms with E-state index >= 15 is 0 Å². The normalized spacial score (nSPS) is 22.9. The molecular weight excluding hydrogens is 246 g/mol. The van der Waals surface area contributed by atoms with Crippen molar-refractivity contribution in [3.63, 3.8) is 0 Å². The number of rotatable bonds is 4. The molecule has 1 aliphatic carbocycles. The number of nitrogens with zero attached hydrogens (tertiary/aromatic N) is 1. The van der Waals surface area contributed by atoms with Crippen LogP contribution in [0.15, 0.2) is 0 Å². The molecule has 2 aliphatic rings. The van der Waals surface area contributed by atoms with Crippen LogP contribution in [-0.2, 0) is 14.3 Å². The van der Waals surface area contributed by atoms with Crippen LogP contribution in [0.3, 0.4) is 0 Å². The lowest BCUT2D eigenvalue weighted by Gasteiger charge is -2.30. The summed E-state index contributed by atoms with van der Waals surface area (Å²) in [4.78, 5) is 24.0. The fraction of sp³-hybridized carbons (Fsp3) is 0.769. The standard InChI is InChI=1S/C13H19N3O3/c1-9(11(17)16-10-2-3-10)15-12(18)13(8-14)4-6-19-7-5-13/h9-10H,2-7H2,1H3,(H,15,18)(H,16,17). The molecule has 1 atom stereocenters. The molecule has 19 heavy (non-hydrogen) atoms. The molecule has 1 saturated carbocycles. The molecule has 1 heterocycles. The van der Waals surface area contributed by atoms with Crippen molar-refractivity contribution < 1.29 is 14.3 Å². The van der Waals surface area contributed by atoms with Crippen LogP contribution in [0.1, 0.15) is 32.6 Å². The Hall–Kier alpha value is -1.61. The third-order valence-corrected chi connectivity index (χ3v) is 3.66. The Morgan fingerprint density at radius 2 is 2.00 bits per heavy atom. The number of ether oxygens (including phenoxy) is 1. The lowest BCUT2D eigenvalue weighted by molar-refractivity contribution is -0.136. The van der Waals surface area contributed by atoms with E-state index in [1.54, 1.807) is 6.92 Å². The highest BCUT2D eigenvalue weighted by Gasteiger charge is 2.41. The van der Waals surface area contributed by atoms with Gasteiger partial charge in [-0.2, -0.15) is 5.26 Å². The van der Waals surface area contributed by atoms with E-state index in [9.17, 15) is 14.9 Å². The Bertz CT molecular complexity index is 406. The lowest BCUT2D eigenvalue weighted by atomic mass is 9.80. The molecule has 0 aromatic carbocycles. The average molecular weight is 265 g/mol. The van der Waals surface area contributed by atoms with E-state index < -0.39 is 11.5 Å². The van der Waals surface area contributed by atoms with Crippen LogP contribution >= 0.6 is 0 Å². The maximum Gasteiger partial charge on any atom is 0.242 e. The SMILES string of the molecule is CC(NC(=O)C1(C#N)CCOCC1)C(=O)NC1CC1. The second kappa shape index (κ2) is 5.57. The molecular formula is C13H19N3O3. The van der Waals surface area contributed by atoms with Crippen molar-refractivity contribution in [1.29, 1.82) is 5.26 Å². The summed E-state index contributed by atoms with van der Waals surface area (Å²) < 4.78 is 5.18. The van der Waals surface area contributed by atoms with Crippen molar-refractivity contribution in [2.24, 2.45) is 5.41 Å². The van der Waals surface area contributed by atoms with Crippen LogP contribution in [0, 0.1) is 16.7 Å². The second-order valence-corrected chi connectivity index (χ2v) is 5.28. The van der Waals surface area contributed by atoms with E-state index in [0.29, 0.717) is 26.1 Å². The summed E-state index contributed by atoms with van der Waals surface area (Å²) in [6, 6.07) is 1.74. The first kappa shape index (κ1) is 13.8. The smallest absolute Gasteiger partial charge is 0.242 e. The Morgan fingerprint density at radius 1 is 1.37 bits per heavy atom. The highest BCUT2D eigenvalue weighted by atomic mass is 16.5. The summed E-state index contributed by atoms with van der Waals surface area (Å²) in [7, 11) is 0. The Labute approximate surface area is 112 Å². The van der Waals surface area contributed by atoms with Gasteiger partial charge in [-0.3, -0.25) is 9.59 Å². The van der Waals surface area contributed by atoms with Gasteiger partial charge in [0.25, 0.3) is 0 Å². The summed E-state index contributed by atoms with van der Waals surface area (Å²) in [5.74, 6) is -0.548. The number of nitrogens with one attached hydrogen (secondary N) is 2. The molecule has 2 rings (SSSR count). The fourth-order valence-electron chi connectivity index (χ4n) is 2.06. The van der Waals surface area contributed by atoms with Crippen molar-refractivity contribution in [2.75, 3.05) is 13.2 Å². The predicted molar refractivity (Wildman–Crippen MR) is 66.9 cm³/mol. The van der Waals surface area contributed by atoms with Gasteiger partial charge in [-0.1, -0.05) is 0 Å². The van der Waals surface area contributed by atoms with Gasteiger partial charge in [0, 0.05) is 19.3 Å². The van der Waals surface area contributed by atoms with E-state index in [1.807, 2.05) is 0 Å². The van der Waals surface area contributed by atoms with Gasteiger partial charge in [-0.05, 0) is 32.6 Å². The van der Waals surface area contributed by atoms with E-state index in [1.165, 1.54) is 0 Å². The first-order valence-electron chi connectivity index (χ1n) is 6.68. The van der Waals surface area contributed by atoms with Crippen LogP contribution < -0.4 is 10.6 Å². The van der Waals surface area contributed by atoms with Gasteiger partial charge in [0.05, 0.1) is 6.07 Å². The molecule has 2 amide bonds. The lowest BCUT2D eigenvalue weighted by Crippen LogP contribution is -2.51. The number of nitriles is 1. The highest BCUT2D eigenvalue weighted by molar-refractivity contribution is 5.91. The topological polar surface area (TPSA) is 91.2 Å². The molecule has 0 aromatic heterocycles. The molecule has 2 N–H and O–H groups in total. The van der Waals surface area contributed by atoms with Gasteiger partial charge < -0.3 is 15.4 Å². The summed E-state index contributed by atoms with van der Waals surface area (Å²) in [6.45, 7) is 2.45. The van der Waals surface area contributed by atoms with Gasteiger partial charge in [0.2, 0.25) is 11.8 Å². The zero-order chi connectivity index (χ0) is 13.9. The van der Waals surface area contributed by atoms with Gasteiger partial charge in [0.1, 0.15) is 11.5 Å². The minimum absolute atomic E-state index is 0.184. The van der Waals surface area contributed by atoms with E-state index in [0.717, 1.165) is 12.8 Å². The zero-order valence-electron chi connectivity index (χ0n) is 11.1. The minimum Gasteiger partial charge on any atom is -0.381 e. The van der Waals surface area contributed by atoms with Crippen LogP contribution in [-0.4, -0.2) is 37.1 Å². The Morgan fingerprint density at radius 3 is 2.53 bits per heavy atom. The van der Waals surface area contributed by atoms with Crippen LogP contribution in [0.2, 0.25) is 0 Å². The number of carbonyl (C=O) groups excluding carboxylic acids is 2. The second-order valence-electron chi connectivity index (χ2n) is 5.28. The number of amides is 2. The molecule has 2 fully saturated rings. The quantitative estimate of drug-likeness (QED) is 0.753. The molecule has 0 radical (unpaired) electrons. The molecule has 6 heteroatoms. The Kier molecular flexibility index (Phi) is 4.05. The highest BCUT2D eigenvalue weighted by Crippen LogP contribution is 2.30. The van der Waals surface area contributed by atoms with Gasteiger partial charge in [0.15, 0.2) is 0 Å². The van der Waals surface area contributed by atoms with Crippen LogP contribution in [0.4, 0.5) is 0 Å². The molecule has 1 unspecified atom stereocenters. The van der Waals surface area contributed by atoms with Crippen molar-refractivity contribution in [1.82, 2.24) is 10.6 Å². The largest absolute Gasteiger partial charge is 0.381 e. The van der Waals surface area contributed by atoms with Gasteiger partial charge in [-0.15, -0.1) is 0 Å². The average Bonchev–Trinajstić information content (AvgIpc) is 3.23. The predicted octanol–water partition coefficient (Wildman–Crippen LogP) is 0.0901. The molecule has 1 saturated heterocycles. The van der Waals surface area contributed by atoms with E-state index in [2.05, 4.69) is 16.7 Å². The van der Waals surface area contributed by atoms with E-state index in [-0.39, 0.29) is 17.9 Å². The molecule has 0 aromatic rings. The Balaban J connectivity index is 1.91. The fourth-order valence-corrected chi connectivity index (χ4v) is 2.06. The zero-order valence-corrected chi connectivity index (χ0v) is 11.1.